The van der Waals surface area contributed by atoms with Crippen LogP contribution in [0.2, 0.25) is 0 Å². The summed E-state index contributed by atoms with van der Waals surface area (Å²) in [5.74, 6) is 0.889. The zero-order chi connectivity index (χ0) is 11.8. The van der Waals surface area contributed by atoms with Crippen LogP contribution in [-0.2, 0) is 10.3 Å². The topological polar surface area (TPSA) is 35.0 Å². The summed E-state index contributed by atoms with van der Waals surface area (Å²) in [6, 6.07) is 0. The van der Waals surface area contributed by atoms with Crippen molar-refractivity contribution in [2.45, 2.75) is 45.1 Å². The molecule has 0 unspecified atom stereocenters. The Morgan fingerprint density at radius 2 is 1.88 bits per heavy atom. The van der Waals surface area contributed by atoms with E-state index in [0.29, 0.717) is 5.41 Å². The van der Waals surface area contributed by atoms with Gasteiger partial charge in [0.1, 0.15) is 5.60 Å². The van der Waals surface area contributed by atoms with Crippen molar-refractivity contribution in [2.75, 3.05) is 7.11 Å². The molecule has 1 aromatic heterocycles. The molecule has 0 atom stereocenters. The predicted molar refractivity (Wildman–Crippen MR) is 73.6 cm³/mol. The number of nitrogens with zero attached hydrogens (tertiary/aromatic N) is 2. The van der Waals surface area contributed by atoms with Gasteiger partial charge < -0.3 is 4.74 Å². The van der Waals surface area contributed by atoms with Crippen LogP contribution in [0.3, 0.4) is 0 Å². The van der Waals surface area contributed by atoms with E-state index < -0.39 is 0 Å². The van der Waals surface area contributed by atoms with Crippen LogP contribution in [0.25, 0.3) is 0 Å². The molecule has 1 aliphatic carbocycles. The van der Waals surface area contributed by atoms with E-state index in [9.17, 15) is 0 Å². The SMILES string of the molecule is COC1(c2nsc(I)n2)CCC(C)(C)CC1. The number of hydrogen-bond acceptors (Lipinski definition) is 4. The largest absolute Gasteiger partial charge is 0.370 e. The highest BCUT2D eigenvalue weighted by atomic mass is 127. The van der Waals surface area contributed by atoms with Crippen LogP contribution in [0.4, 0.5) is 0 Å². The molecule has 0 amide bonds. The van der Waals surface area contributed by atoms with Crippen LogP contribution in [0.5, 0.6) is 0 Å². The summed E-state index contributed by atoms with van der Waals surface area (Å²) < 4.78 is 11.2. The summed E-state index contributed by atoms with van der Waals surface area (Å²) in [6.07, 6.45) is 4.42. The fourth-order valence-electron chi connectivity index (χ4n) is 2.24. The van der Waals surface area contributed by atoms with E-state index in [0.717, 1.165) is 21.7 Å². The van der Waals surface area contributed by atoms with Crippen LogP contribution < -0.4 is 0 Å². The summed E-state index contributed by atoms with van der Waals surface area (Å²) in [5, 5.41) is 0. The molecule has 0 saturated heterocycles. The maximum absolute atomic E-state index is 5.75. The van der Waals surface area contributed by atoms with Crippen molar-refractivity contribution in [3.63, 3.8) is 0 Å². The van der Waals surface area contributed by atoms with E-state index in [1.807, 2.05) is 0 Å². The molecule has 0 radical (unpaired) electrons. The third-order valence-electron chi connectivity index (χ3n) is 3.61. The van der Waals surface area contributed by atoms with Crippen molar-refractivity contribution in [3.8, 4) is 0 Å². The predicted octanol–water partition coefficient (Wildman–Crippen LogP) is 3.58. The van der Waals surface area contributed by atoms with Crippen LogP contribution in [0.1, 0.15) is 45.4 Å². The number of rotatable bonds is 2. The smallest absolute Gasteiger partial charge is 0.175 e. The van der Waals surface area contributed by atoms with Gasteiger partial charge in [-0.25, -0.2) is 4.98 Å². The monoisotopic (exact) mass is 352 g/mol. The second-order valence-corrected chi connectivity index (χ2v) is 7.74. The van der Waals surface area contributed by atoms with E-state index in [1.54, 1.807) is 7.11 Å². The van der Waals surface area contributed by atoms with Gasteiger partial charge in [-0.15, -0.1) is 0 Å². The first-order valence-corrected chi connectivity index (χ1v) is 7.38. The first kappa shape index (κ1) is 12.7. The van der Waals surface area contributed by atoms with E-state index in [4.69, 9.17) is 4.74 Å². The number of halogens is 1. The minimum Gasteiger partial charge on any atom is -0.370 e. The Kier molecular flexibility index (Phi) is 3.57. The molecule has 1 saturated carbocycles. The minimum absolute atomic E-state index is 0.227. The van der Waals surface area contributed by atoms with Crippen LogP contribution in [0.15, 0.2) is 0 Å². The van der Waals surface area contributed by atoms with Gasteiger partial charge in [0.15, 0.2) is 8.84 Å². The molecule has 0 spiro atoms. The summed E-state index contributed by atoms with van der Waals surface area (Å²) in [7, 11) is 1.78. The molecule has 0 aromatic carbocycles. The quantitative estimate of drug-likeness (QED) is 0.763. The summed E-state index contributed by atoms with van der Waals surface area (Å²) in [4.78, 5) is 4.49. The molecule has 0 bridgehead atoms. The highest BCUT2D eigenvalue weighted by molar-refractivity contribution is 14.1. The molecule has 1 aliphatic rings. The maximum atomic E-state index is 5.75. The van der Waals surface area contributed by atoms with Crippen molar-refractivity contribution >= 4 is 34.1 Å². The van der Waals surface area contributed by atoms with Gasteiger partial charge in [0.25, 0.3) is 0 Å². The molecule has 16 heavy (non-hydrogen) atoms. The lowest BCUT2D eigenvalue weighted by molar-refractivity contribution is -0.0722. The second-order valence-electron chi connectivity index (χ2n) is 5.23. The van der Waals surface area contributed by atoms with Crippen molar-refractivity contribution in [1.29, 1.82) is 0 Å². The van der Waals surface area contributed by atoms with Gasteiger partial charge >= 0.3 is 0 Å². The van der Waals surface area contributed by atoms with Gasteiger partial charge in [-0.05, 0) is 65.2 Å². The Hall–Kier alpha value is 0.250. The highest BCUT2D eigenvalue weighted by Gasteiger charge is 2.42. The molecule has 2 rings (SSSR count). The Morgan fingerprint density at radius 1 is 1.25 bits per heavy atom. The van der Waals surface area contributed by atoms with E-state index in [-0.39, 0.29) is 5.60 Å². The van der Waals surface area contributed by atoms with E-state index in [1.165, 1.54) is 24.4 Å². The number of methoxy groups -OCH3 is 1. The molecule has 90 valence electrons. The summed E-state index contributed by atoms with van der Waals surface area (Å²) in [6.45, 7) is 4.65. The van der Waals surface area contributed by atoms with Crippen molar-refractivity contribution < 1.29 is 4.74 Å². The average molecular weight is 352 g/mol. The van der Waals surface area contributed by atoms with Crippen molar-refractivity contribution in [1.82, 2.24) is 9.36 Å². The lowest BCUT2D eigenvalue weighted by atomic mass is 9.70. The Labute approximate surface area is 114 Å². The van der Waals surface area contributed by atoms with Gasteiger partial charge in [-0.2, -0.15) is 4.37 Å². The molecule has 0 aliphatic heterocycles. The van der Waals surface area contributed by atoms with Crippen LogP contribution in [-0.4, -0.2) is 16.5 Å². The fourth-order valence-corrected chi connectivity index (χ4v) is 3.26. The first-order chi connectivity index (χ1) is 7.47. The van der Waals surface area contributed by atoms with Crippen molar-refractivity contribution in [2.24, 2.45) is 5.41 Å². The number of hydrogen-bond donors (Lipinski definition) is 0. The van der Waals surface area contributed by atoms with Gasteiger partial charge in [0.05, 0.1) is 0 Å². The van der Waals surface area contributed by atoms with E-state index in [2.05, 4.69) is 45.8 Å². The molecule has 0 N–H and O–H groups in total. The lowest BCUT2D eigenvalue weighted by Crippen LogP contribution is -2.37. The minimum atomic E-state index is -0.227. The molecule has 1 aromatic rings. The fraction of sp³-hybridized carbons (Fsp3) is 0.818. The Bertz CT molecular complexity index is 368. The van der Waals surface area contributed by atoms with Gasteiger partial charge in [-0.1, -0.05) is 13.8 Å². The standard InChI is InChI=1S/C11H17IN2OS/c1-10(2)4-6-11(15-3,7-5-10)8-13-9(12)16-14-8/h4-7H2,1-3H3. The van der Waals surface area contributed by atoms with Crippen LogP contribution >= 0.6 is 34.1 Å². The first-order valence-electron chi connectivity index (χ1n) is 5.52. The van der Waals surface area contributed by atoms with Crippen molar-refractivity contribution in [3.05, 3.63) is 8.84 Å². The highest BCUT2D eigenvalue weighted by Crippen LogP contribution is 2.46. The van der Waals surface area contributed by atoms with Gasteiger partial charge in [-0.3, -0.25) is 0 Å². The van der Waals surface area contributed by atoms with E-state index >= 15 is 0 Å². The molecule has 3 nitrogen and oxygen atoms in total. The molecule has 5 heteroatoms. The summed E-state index contributed by atoms with van der Waals surface area (Å²) in [5.41, 5.74) is 0.209. The second kappa shape index (κ2) is 4.49. The number of aromatic nitrogens is 2. The zero-order valence-electron chi connectivity index (χ0n) is 9.92. The molecular formula is C11H17IN2OS. The Balaban J connectivity index is 2.22. The lowest BCUT2D eigenvalue weighted by Gasteiger charge is -2.40. The van der Waals surface area contributed by atoms with Crippen LogP contribution in [0, 0.1) is 8.43 Å². The zero-order valence-corrected chi connectivity index (χ0v) is 12.9. The van der Waals surface area contributed by atoms with Gasteiger partial charge in [0, 0.05) is 7.11 Å². The average Bonchev–Trinajstić information content (AvgIpc) is 2.66. The normalized spacial score (nSPS) is 23.2. The number of ether oxygens (including phenoxy) is 1. The molecule has 1 heterocycles. The summed E-state index contributed by atoms with van der Waals surface area (Å²) >= 11 is 3.67. The maximum Gasteiger partial charge on any atom is 0.175 e. The Morgan fingerprint density at radius 3 is 2.31 bits per heavy atom. The van der Waals surface area contributed by atoms with Gasteiger partial charge in [0.2, 0.25) is 0 Å². The third kappa shape index (κ3) is 2.41. The third-order valence-corrected chi connectivity index (χ3v) is 4.95. The molecule has 1 fully saturated rings. The molecular weight excluding hydrogens is 335 g/mol.